The zero-order chi connectivity index (χ0) is 14.4. The number of nitro benzene ring substituents is 1. The maximum absolute atomic E-state index is 11.6. The zero-order valence-corrected chi connectivity index (χ0v) is 11.6. The number of nitrogens with zero attached hydrogens (tertiary/aromatic N) is 2. The number of ether oxygens (including phenoxy) is 1. The lowest BCUT2D eigenvalue weighted by Crippen LogP contribution is -1.97. The number of rotatable bonds is 2. The van der Waals surface area contributed by atoms with Crippen LogP contribution < -0.4 is 0 Å². The summed E-state index contributed by atoms with van der Waals surface area (Å²) < 4.78 is 6.63. The van der Waals surface area contributed by atoms with Gasteiger partial charge in [0.25, 0.3) is 5.69 Å². The van der Waals surface area contributed by atoms with Crippen molar-refractivity contribution in [1.82, 2.24) is 4.57 Å². The molecule has 0 bridgehead atoms. The highest BCUT2D eigenvalue weighted by Gasteiger charge is 2.18. The van der Waals surface area contributed by atoms with Crippen LogP contribution >= 0.6 is 11.3 Å². The maximum atomic E-state index is 11.6. The summed E-state index contributed by atoms with van der Waals surface area (Å²) in [5.41, 5.74) is 0.934. The van der Waals surface area contributed by atoms with E-state index in [0.717, 1.165) is 21.1 Å². The van der Waals surface area contributed by atoms with Gasteiger partial charge < -0.3 is 9.30 Å². The number of carbonyl (C=O) groups is 1. The molecule has 2 aromatic heterocycles. The quantitative estimate of drug-likeness (QED) is 0.413. The van der Waals surface area contributed by atoms with Crippen molar-refractivity contribution in [2.75, 3.05) is 7.11 Å². The molecule has 7 heteroatoms. The van der Waals surface area contributed by atoms with Crippen molar-refractivity contribution in [3.8, 4) is 0 Å². The summed E-state index contributed by atoms with van der Waals surface area (Å²) in [5, 5.41) is 12.5. The average Bonchev–Trinajstić information content (AvgIpc) is 2.98. The van der Waals surface area contributed by atoms with Crippen LogP contribution in [0.2, 0.25) is 0 Å². The summed E-state index contributed by atoms with van der Waals surface area (Å²) in [5.74, 6) is -0.398. The van der Waals surface area contributed by atoms with Crippen molar-refractivity contribution >= 4 is 44.1 Å². The van der Waals surface area contributed by atoms with E-state index >= 15 is 0 Å². The predicted octanol–water partition coefficient (Wildman–Crippen LogP) is 3.09. The largest absolute Gasteiger partial charge is 0.465 e. The topological polar surface area (TPSA) is 74.4 Å². The van der Waals surface area contributed by atoms with E-state index in [1.807, 2.05) is 11.6 Å². The van der Waals surface area contributed by atoms with Gasteiger partial charge in [0.15, 0.2) is 0 Å². The molecule has 0 spiro atoms. The summed E-state index contributed by atoms with van der Waals surface area (Å²) >= 11 is 1.32. The Morgan fingerprint density at radius 1 is 1.35 bits per heavy atom. The van der Waals surface area contributed by atoms with E-state index in [2.05, 4.69) is 0 Å². The number of methoxy groups -OCH3 is 1. The second-order valence-electron chi connectivity index (χ2n) is 4.34. The molecule has 0 fully saturated rings. The highest BCUT2D eigenvalue weighted by atomic mass is 32.1. The van der Waals surface area contributed by atoms with Crippen molar-refractivity contribution in [1.29, 1.82) is 0 Å². The van der Waals surface area contributed by atoms with Gasteiger partial charge >= 0.3 is 5.97 Å². The number of benzene rings is 1. The van der Waals surface area contributed by atoms with E-state index < -0.39 is 10.9 Å². The van der Waals surface area contributed by atoms with Crippen molar-refractivity contribution < 1.29 is 14.5 Å². The fourth-order valence-corrected chi connectivity index (χ4v) is 3.35. The van der Waals surface area contributed by atoms with Crippen molar-refractivity contribution in [2.24, 2.45) is 7.05 Å². The molecule has 0 amide bonds. The molecule has 0 aliphatic heterocycles. The molecule has 6 nitrogen and oxygen atoms in total. The number of fused-ring (bicyclic) bond motifs is 3. The molecule has 0 saturated heterocycles. The van der Waals surface area contributed by atoms with Crippen LogP contribution in [0.1, 0.15) is 9.67 Å². The highest BCUT2D eigenvalue weighted by molar-refractivity contribution is 7.20. The summed E-state index contributed by atoms with van der Waals surface area (Å²) in [6.07, 6.45) is 0. The van der Waals surface area contributed by atoms with Gasteiger partial charge in [-0.05, 0) is 12.1 Å². The SMILES string of the molecule is COC(=O)c1cc2c3cc([N+](=O)[O-])ccc3n(C)c2s1. The van der Waals surface area contributed by atoms with Crippen LogP contribution in [-0.4, -0.2) is 22.6 Å². The Hall–Kier alpha value is -2.41. The molecule has 0 unspecified atom stereocenters. The lowest BCUT2D eigenvalue weighted by atomic mass is 10.2. The predicted molar refractivity (Wildman–Crippen MR) is 76.3 cm³/mol. The monoisotopic (exact) mass is 290 g/mol. The van der Waals surface area contributed by atoms with Crippen molar-refractivity contribution in [3.63, 3.8) is 0 Å². The molecular weight excluding hydrogens is 280 g/mol. The van der Waals surface area contributed by atoms with Crippen LogP contribution in [0.3, 0.4) is 0 Å². The number of non-ortho nitro benzene ring substituents is 1. The van der Waals surface area contributed by atoms with E-state index in [4.69, 9.17) is 4.74 Å². The molecule has 1 aromatic carbocycles. The molecule has 20 heavy (non-hydrogen) atoms. The Labute approximate surface area is 117 Å². The third-order valence-corrected chi connectivity index (χ3v) is 4.44. The summed E-state index contributed by atoms with van der Waals surface area (Å²) in [6, 6.07) is 6.45. The second kappa shape index (κ2) is 4.31. The van der Waals surface area contributed by atoms with E-state index in [-0.39, 0.29) is 5.69 Å². The summed E-state index contributed by atoms with van der Waals surface area (Å²) in [6.45, 7) is 0. The Morgan fingerprint density at radius 3 is 2.75 bits per heavy atom. The van der Waals surface area contributed by atoms with E-state index in [0.29, 0.717) is 4.88 Å². The fourth-order valence-electron chi connectivity index (χ4n) is 2.28. The molecule has 3 aromatic rings. The van der Waals surface area contributed by atoms with Gasteiger partial charge in [0.2, 0.25) is 0 Å². The van der Waals surface area contributed by atoms with Gasteiger partial charge in [-0.2, -0.15) is 0 Å². The van der Waals surface area contributed by atoms with Gasteiger partial charge in [-0.25, -0.2) is 4.79 Å². The molecule has 0 atom stereocenters. The van der Waals surface area contributed by atoms with Gasteiger partial charge in [-0.15, -0.1) is 11.3 Å². The zero-order valence-electron chi connectivity index (χ0n) is 10.7. The van der Waals surface area contributed by atoms with Crippen molar-refractivity contribution in [2.45, 2.75) is 0 Å². The molecule has 3 rings (SSSR count). The fraction of sp³-hybridized carbons (Fsp3) is 0.154. The highest BCUT2D eigenvalue weighted by Crippen LogP contribution is 2.36. The van der Waals surface area contributed by atoms with Crippen LogP contribution in [0.25, 0.3) is 21.1 Å². The Balaban J connectivity index is 2.34. The number of aryl methyl sites for hydroxylation is 1. The number of nitro groups is 1. The molecule has 2 heterocycles. The van der Waals surface area contributed by atoms with Gasteiger partial charge in [0.1, 0.15) is 9.71 Å². The van der Waals surface area contributed by atoms with Crippen LogP contribution in [-0.2, 0) is 11.8 Å². The van der Waals surface area contributed by atoms with Crippen molar-refractivity contribution in [3.05, 3.63) is 39.3 Å². The van der Waals surface area contributed by atoms with Crippen LogP contribution in [0.15, 0.2) is 24.3 Å². The Morgan fingerprint density at radius 2 is 2.10 bits per heavy atom. The third kappa shape index (κ3) is 1.67. The van der Waals surface area contributed by atoms with Crippen LogP contribution in [0.4, 0.5) is 5.69 Å². The smallest absolute Gasteiger partial charge is 0.348 e. The normalized spacial score (nSPS) is 11.1. The van der Waals surface area contributed by atoms with Gasteiger partial charge in [0, 0.05) is 35.5 Å². The number of thiophene rings is 1. The average molecular weight is 290 g/mol. The minimum Gasteiger partial charge on any atom is -0.465 e. The first-order chi connectivity index (χ1) is 9.52. The number of aromatic nitrogens is 1. The van der Waals surface area contributed by atoms with Gasteiger partial charge in [-0.1, -0.05) is 0 Å². The van der Waals surface area contributed by atoms with E-state index in [1.54, 1.807) is 12.1 Å². The first-order valence-electron chi connectivity index (χ1n) is 5.77. The minimum absolute atomic E-state index is 0.0378. The Bertz CT molecular complexity index is 862. The number of carbonyl (C=O) groups excluding carboxylic acids is 1. The lowest BCUT2D eigenvalue weighted by Gasteiger charge is -1.97. The first-order valence-corrected chi connectivity index (χ1v) is 6.59. The minimum atomic E-state index is -0.425. The summed E-state index contributed by atoms with van der Waals surface area (Å²) in [7, 11) is 3.20. The third-order valence-electron chi connectivity index (χ3n) is 3.25. The molecule has 0 aliphatic carbocycles. The number of hydrogen-bond donors (Lipinski definition) is 0. The van der Waals surface area contributed by atoms with Gasteiger partial charge in [-0.3, -0.25) is 10.1 Å². The molecule has 0 aliphatic rings. The molecule has 0 saturated carbocycles. The van der Waals surface area contributed by atoms with E-state index in [9.17, 15) is 14.9 Å². The molecule has 0 N–H and O–H groups in total. The maximum Gasteiger partial charge on any atom is 0.348 e. The number of hydrogen-bond acceptors (Lipinski definition) is 5. The Kier molecular flexibility index (Phi) is 2.72. The number of esters is 1. The molecular formula is C13H10N2O4S. The van der Waals surface area contributed by atoms with Crippen LogP contribution in [0, 0.1) is 10.1 Å². The second-order valence-corrected chi connectivity index (χ2v) is 5.37. The van der Waals surface area contributed by atoms with Gasteiger partial charge in [0.05, 0.1) is 12.0 Å². The lowest BCUT2D eigenvalue weighted by molar-refractivity contribution is -0.384. The molecule has 0 radical (unpaired) electrons. The molecule has 102 valence electrons. The first kappa shape index (κ1) is 12.6. The van der Waals surface area contributed by atoms with E-state index in [1.165, 1.54) is 30.6 Å². The standard InChI is InChI=1S/C13H10N2O4S/c1-14-10-4-3-7(15(17)18)5-8(10)9-6-11(13(16)19-2)20-12(9)14/h3-6H,1-2H3. The van der Waals surface area contributed by atoms with Crippen LogP contribution in [0.5, 0.6) is 0 Å². The summed E-state index contributed by atoms with van der Waals surface area (Å²) in [4.78, 5) is 23.4.